The van der Waals surface area contributed by atoms with Crippen LogP contribution >= 0.6 is 0 Å². The van der Waals surface area contributed by atoms with Crippen molar-refractivity contribution in [1.29, 1.82) is 0 Å². The van der Waals surface area contributed by atoms with Crippen molar-refractivity contribution in [3.8, 4) is 11.5 Å². The van der Waals surface area contributed by atoms with Crippen molar-refractivity contribution in [2.75, 3.05) is 19.1 Å². The molecule has 2 aromatic rings. The SMILES string of the molecule is CCCCOc1c(OC)cc(C=NNc2cccc([N+](=O)[O-])c2)cc1[N+](=O)[O-]. The van der Waals surface area contributed by atoms with E-state index < -0.39 is 9.85 Å². The molecule has 0 atom stereocenters. The number of hydrazone groups is 1. The summed E-state index contributed by atoms with van der Waals surface area (Å²) in [6.07, 6.45) is 3.00. The maximum absolute atomic E-state index is 11.4. The summed E-state index contributed by atoms with van der Waals surface area (Å²) >= 11 is 0. The van der Waals surface area contributed by atoms with Crippen molar-refractivity contribution >= 4 is 23.3 Å². The minimum atomic E-state index is -0.547. The Bertz CT molecular complexity index is 884. The Morgan fingerprint density at radius 2 is 1.96 bits per heavy atom. The van der Waals surface area contributed by atoms with Gasteiger partial charge in [-0.05, 0) is 18.6 Å². The molecule has 28 heavy (non-hydrogen) atoms. The number of non-ortho nitro benzene ring substituents is 1. The van der Waals surface area contributed by atoms with E-state index in [1.54, 1.807) is 12.1 Å². The standard InChI is InChI=1S/C18H20N4O6/c1-3-4-8-28-18-16(22(25)26)9-13(10-17(18)27-2)12-19-20-14-6-5-7-15(11-14)21(23)24/h5-7,9-12,20H,3-4,8H2,1-2H3. The van der Waals surface area contributed by atoms with Crippen LogP contribution in [0.15, 0.2) is 41.5 Å². The van der Waals surface area contributed by atoms with Crippen LogP contribution in [-0.4, -0.2) is 29.8 Å². The van der Waals surface area contributed by atoms with Gasteiger partial charge in [0.2, 0.25) is 5.75 Å². The lowest BCUT2D eigenvalue weighted by molar-refractivity contribution is -0.386. The van der Waals surface area contributed by atoms with Crippen LogP contribution in [0.4, 0.5) is 17.1 Å². The van der Waals surface area contributed by atoms with Gasteiger partial charge in [0, 0.05) is 23.8 Å². The molecule has 0 radical (unpaired) electrons. The summed E-state index contributed by atoms with van der Waals surface area (Å²) in [5, 5.41) is 26.2. The zero-order valence-corrected chi connectivity index (χ0v) is 15.5. The number of rotatable bonds is 10. The quantitative estimate of drug-likeness (QED) is 0.280. The van der Waals surface area contributed by atoms with Crippen molar-refractivity contribution in [2.45, 2.75) is 19.8 Å². The predicted octanol–water partition coefficient (Wildman–Crippen LogP) is 4.14. The fraction of sp³-hybridized carbons (Fsp3) is 0.278. The third-order valence-electron chi connectivity index (χ3n) is 3.68. The molecule has 0 heterocycles. The summed E-state index contributed by atoms with van der Waals surface area (Å²) in [5.74, 6) is 0.298. The number of nitrogens with one attached hydrogen (secondary N) is 1. The monoisotopic (exact) mass is 388 g/mol. The minimum Gasteiger partial charge on any atom is -0.493 e. The Hall–Kier alpha value is -3.69. The molecule has 10 heteroatoms. The van der Waals surface area contributed by atoms with Crippen LogP contribution in [0.3, 0.4) is 0 Å². The molecule has 0 aliphatic rings. The first-order valence-electron chi connectivity index (χ1n) is 8.49. The average Bonchev–Trinajstić information content (AvgIpc) is 2.68. The van der Waals surface area contributed by atoms with Gasteiger partial charge in [-0.25, -0.2) is 0 Å². The number of methoxy groups -OCH3 is 1. The van der Waals surface area contributed by atoms with Crippen LogP contribution in [0.5, 0.6) is 11.5 Å². The van der Waals surface area contributed by atoms with E-state index in [9.17, 15) is 20.2 Å². The number of hydrogen-bond donors (Lipinski definition) is 1. The van der Waals surface area contributed by atoms with Crippen LogP contribution in [0.25, 0.3) is 0 Å². The largest absolute Gasteiger partial charge is 0.493 e. The number of hydrogen-bond acceptors (Lipinski definition) is 8. The fourth-order valence-corrected chi connectivity index (χ4v) is 2.30. The lowest BCUT2D eigenvalue weighted by Crippen LogP contribution is -2.03. The van der Waals surface area contributed by atoms with Gasteiger partial charge in [0.15, 0.2) is 5.75 Å². The van der Waals surface area contributed by atoms with E-state index in [1.807, 2.05) is 6.92 Å². The zero-order valence-electron chi connectivity index (χ0n) is 15.5. The van der Waals surface area contributed by atoms with Crippen LogP contribution in [0.2, 0.25) is 0 Å². The first kappa shape index (κ1) is 20.6. The molecular weight excluding hydrogens is 368 g/mol. The van der Waals surface area contributed by atoms with E-state index in [4.69, 9.17) is 9.47 Å². The Kier molecular flexibility index (Phi) is 7.26. The number of benzene rings is 2. The van der Waals surface area contributed by atoms with E-state index in [2.05, 4.69) is 10.5 Å². The van der Waals surface area contributed by atoms with E-state index in [1.165, 1.54) is 37.6 Å². The minimum absolute atomic E-state index is 0.0738. The zero-order chi connectivity index (χ0) is 20.5. The van der Waals surface area contributed by atoms with Crippen molar-refractivity contribution < 1.29 is 19.3 Å². The van der Waals surface area contributed by atoms with Gasteiger partial charge >= 0.3 is 5.69 Å². The second-order valence-electron chi connectivity index (χ2n) is 5.71. The van der Waals surface area contributed by atoms with Gasteiger partial charge in [-0.15, -0.1) is 0 Å². The number of nitro groups is 2. The van der Waals surface area contributed by atoms with Crippen LogP contribution in [0.1, 0.15) is 25.3 Å². The fourth-order valence-electron chi connectivity index (χ4n) is 2.30. The molecule has 0 fully saturated rings. The van der Waals surface area contributed by atoms with E-state index in [0.717, 1.165) is 12.8 Å². The second-order valence-corrected chi connectivity index (χ2v) is 5.71. The molecule has 0 amide bonds. The summed E-state index contributed by atoms with van der Waals surface area (Å²) < 4.78 is 10.8. The third-order valence-corrected chi connectivity index (χ3v) is 3.68. The molecule has 0 bridgehead atoms. The van der Waals surface area contributed by atoms with Gasteiger partial charge in [0.25, 0.3) is 5.69 Å². The summed E-state index contributed by atoms with van der Waals surface area (Å²) in [6.45, 7) is 2.33. The second kappa shape index (κ2) is 9.86. The van der Waals surface area contributed by atoms with E-state index >= 15 is 0 Å². The summed E-state index contributed by atoms with van der Waals surface area (Å²) in [7, 11) is 1.40. The highest BCUT2D eigenvalue weighted by molar-refractivity contribution is 5.83. The molecule has 0 aliphatic heterocycles. The van der Waals surface area contributed by atoms with E-state index in [-0.39, 0.29) is 22.9 Å². The number of nitrogens with zero attached hydrogens (tertiary/aromatic N) is 3. The van der Waals surface area contributed by atoms with E-state index in [0.29, 0.717) is 17.9 Å². The Morgan fingerprint density at radius 3 is 2.61 bits per heavy atom. The van der Waals surface area contributed by atoms with Crippen LogP contribution in [-0.2, 0) is 0 Å². The van der Waals surface area contributed by atoms with Crippen LogP contribution < -0.4 is 14.9 Å². The molecule has 0 saturated heterocycles. The molecule has 1 N–H and O–H groups in total. The lowest BCUT2D eigenvalue weighted by atomic mass is 10.2. The van der Waals surface area contributed by atoms with Gasteiger partial charge in [0.1, 0.15) is 0 Å². The molecule has 0 unspecified atom stereocenters. The molecular formula is C18H20N4O6. The third kappa shape index (κ3) is 5.40. The molecule has 0 aromatic heterocycles. The summed E-state index contributed by atoms with van der Waals surface area (Å²) in [4.78, 5) is 21.2. The van der Waals surface area contributed by atoms with Crippen molar-refractivity contribution in [1.82, 2.24) is 0 Å². The lowest BCUT2D eigenvalue weighted by Gasteiger charge is -2.11. The van der Waals surface area contributed by atoms with Gasteiger partial charge in [-0.3, -0.25) is 25.7 Å². The predicted molar refractivity (Wildman–Crippen MR) is 104 cm³/mol. The van der Waals surface area contributed by atoms with Crippen molar-refractivity contribution in [2.24, 2.45) is 5.10 Å². The topological polar surface area (TPSA) is 129 Å². The highest BCUT2D eigenvalue weighted by atomic mass is 16.6. The molecule has 0 saturated carbocycles. The Labute approximate surface area is 161 Å². The van der Waals surface area contributed by atoms with Gasteiger partial charge in [0.05, 0.1) is 35.5 Å². The number of nitro benzene ring substituents is 2. The smallest absolute Gasteiger partial charge is 0.315 e. The van der Waals surface area contributed by atoms with Crippen LogP contribution in [0, 0.1) is 20.2 Å². The summed E-state index contributed by atoms with van der Waals surface area (Å²) in [6, 6.07) is 8.70. The number of unbranched alkanes of at least 4 members (excludes halogenated alkanes) is 1. The van der Waals surface area contributed by atoms with Gasteiger partial charge in [-0.1, -0.05) is 19.4 Å². The molecule has 0 aliphatic carbocycles. The molecule has 0 spiro atoms. The van der Waals surface area contributed by atoms with Gasteiger partial charge < -0.3 is 9.47 Å². The summed E-state index contributed by atoms with van der Waals surface area (Å²) in [5.41, 5.74) is 3.16. The molecule has 2 aromatic carbocycles. The maximum Gasteiger partial charge on any atom is 0.315 e. The Morgan fingerprint density at radius 1 is 1.18 bits per heavy atom. The van der Waals surface area contributed by atoms with Gasteiger partial charge in [-0.2, -0.15) is 5.10 Å². The number of ether oxygens (including phenoxy) is 2. The molecule has 148 valence electrons. The normalized spacial score (nSPS) is 10.6. The first-order chi connectivity index (χ1) is 13.5. The van der Waals surface area contributed by atoms with Crippen molar-refractivity contribution in [3.05, 3.63) is 62.2 Å². The molecule has 2 rings (SSSR count). The number of anilines is 1. The highest BCUT2D eigenvalue weighted by Gasteiger charge is 2.22. The Balaban J connectivity index is 2.24. The average molecular weight is 388 g/mol. The first-order valence-corrected chi connectivity index (χ1v) is 8.49. The highest BCUT2D eigenvalue weighted by Crippen LogP contribution is 2.38. The van der Waals surface area contributed by atoms with Crippen molar-refractivity contribution in [3.63, 3.8) is 0 Å². The molecule has 10 nitrogen and oxygen atoms in total. The maximum atomic E-state index is 11.4.